The molecule has 0 heterocycles. The van der Waals surface area contributed by atoms with Crippen molar-refractivity contribution in [1.29, 1.82) is 0 Å². The highest BCUT2D eigenvalue weighted by Gasteiger charge is 2.26. The van der Waals surface area contributed by atoms with Crippen molar-refractivity contribution in [2.75, 3.05) is 11.5 Å². The predicted molar refractivity (Wildman–Crippen MR) is 77.5 cm³/mol. The summed E-state index contributed by atoms with van der Waals surface area (Å²) >= 11 is 1.80. The van der Waals surface area contributed by atoms with Gasteiger partial charge in [0, 0.05) is 17.8 Å². The fourth-order valence-electron chi connectivity index (χ4n) is 2.27. The summed E-state index contributed by atoms with van der Waals surface area (Å²) in [7, 11) is 0. The Balaban J connectivity index is 2.21. The number of rotatable bonds is 6. The molecule has 1 fully saturated rings. The van der Waals surface area contributed by atoms with E-state index >= 15 is 0 Å². The van der Waals surface area contributed by atoms with Crippen LogP contribution in [0.3, 0.4) is 0 Å². The highest BCUT2D eigenvalue weighted by atomic mass is 32.2. The first-order valence-corrected chi connectivity index (χ1v) is 8.06. The molecule has 6 heteroatoms. The molecule has 5 nitrogen and oxygen atoms in total. The zero-order chi connectivity index (χ0) is 14.3. The lowest BCUT2D eigenvalue weighted by molar-refractivity contribution is -0.142. The number of carboxylic acids is 1. The number of urea groups is 1. The number of carbonyl (C=O) groups excluding carboxylic acids is 1. The highest BCUT2D eigenvalue weighted by Crippen LogP contribution is 2.24. The molecule has 0 aromatic carbocycles. The molecular formula is C13H24N2O3S. The Morgan fingerprint density at radius 2 is 1.95 bits per heavy atom. The van der Waals surface area contributed by atoms with Gasteiger partial charge in [-0.15, -0.1) is 0 Å². The van der Waals surface area contributed by atoms with Crippen LogP contribution in [-0.2, 0) is 4.79 Å². The van der Waals surface area contributed by atoms with Gasteiger partial charge < -0.3 is 15.7 Å². The molecule has 1 unspecified atom stereocenters. The minimum absolute atomic E-state index is 0.113. The third kappa shape index (κ3) is 6.18. The molecule has 1 rings (SSSR count). The largest absolute Gasteiger partial charge is 0.481 e. The Kier molecular flexibility index (Phi) is 7.05. The maximum atomic E-state index is 11.8. The standard InChI is InChI=1S/C13H24N2O3S/c1-3-19-8-9(2)14-13(18)15-11-6-4-10(5-7-11)12(16)17/h9-11H,3-8H2,1-2H3,(H,16,17)(H2,14,15,18). The zero-order valence-electron chi connectivity index (χ0n) is 11.6. The molecule has 2 amide bonds. The summed E-state index contributed by atoms with van der Waals surface area (Å²) in [6, 6.07) is 0.130. The Labute approximate surface area is 118 Å². The average molecular weight is 288 g/mol. The van der Waals surface area contributed by atoms with Gasteiger partial charge in [-0.25, -0.2) is 4.79 Å². The smallest absolute Gasteiger partial charge is 0.315 e. The van der Waals surface area contributed by atoms with Crippen molar-refractivity contribution in [3.63, 3.8) is 0 Å². The second kappa shape index (κ2) is 8.30. The van der Waals surface area contributed by atoms with Crippen LogP contribution < -0.4 is 10.6 Å². The van der Waals surface area contributed by atoms with Crippen molar-refractivity contribution in [2.24, 2.45) is 5.92 Å². The van der Waals surface area contributed by atoms with Gasteiger partial charge in [-0.05, 0) is 38.4 Å². The number of carbonyl (C=O) groups is 2. The monoisotopic (exact) mass is 288 g/mol. The van der Waals surface area contributed by atoms with E-state index in [2.05, 4.69) is 17.6 Å². The second-order valence-corrected chi connectivity index (χ2v) is 6.38. The van der Waals surface area contributed by atoms with E-state index in [-0.39, 0.29) is 24.0 Å². The molecule has 110 valence electrons. The number of thioether (sulfide) groups is 1. The topological polar surface area (TPSA) is 78.4 Å². The summed E-state index contributed by atoms with van der Waals surface area (Å²) in [5.74, 6) is 1.01. The molecule has 0 radical (unpaired) electrons. The molecule has 1 aliphatic rings. The number of carboxylic acid groups (broad SMARTS) is 1. The molecule has 1 aliphatic carbocycles. The zero-order valence-corrected chi connectivity index (χ0v) is 12.5. The number of hydrogen-bond acceptors (Lipinski definition) is 3. The molecule has 1 atom stereocenters. The summed E-state index contributed by atoms with van der Waals surface area (Å²) in [4.78, 5) is 22.6. The second-order valence-electron chi connectivity index (χ2n) is 5.07. The van der Waals surface area contributed by atoms with Crippen LogP contribution in [0.1, 0.15) is 39.5 Å². The molecule has 19 heavy (non-hydrogen) atoms. The Bertz CT molecular complexity index is 304. The maximum absolute atomic E-state index is 11.8. The van der Waals surface area contributed by atoms with E-state index in [0.717, 1.165) is 24.3 Å². The number of nitrogens with one attached hydrogen (secondary N) is 2. The Morgan fingerprint density at radius 3 is 2.47 bits per heavy atom. The maximum Gasteiger partial charge on any atom is 0.315 e. The predicted octanol–water partition coefficient (Wildman–Crippen LogP) is 2.07. The van der Waals surface area contributed by atoms with E-state index in [4.69, 9.17) is 5.11 Å². The van der Waals surface area contributed by atoms with Crippen molar-refractivity contribution in [1.82, 2.24) is 10.6 Å². The minimum Gasteiger partial charge on any atom is -0.481 e. The van der Waals surface area contributed by atoms with Crippen LogP contribution in [0.5, 0.6) is 0 Å². The molecule has 3 N–H and O–H groups in total. The van der Waals surface area contributed by atoms with E-state index in [1.165, 1.54) is 0 Å². The summed E-state index contributed by atoms with van der Waals surface area (Å²) < 4.78 is 0. The van der Waals surface area contributed by atoms with Gasteiger partial charge in [0.05, 0.1) is 5.92 Å². The average Bonchev–Trinajstić information content (AvgIpc) is 2.36. The molecule has 0 aromatic heterocycles. The third-order valence-electron chi connectivity index (χ3n) is 3.36. The van der Waals surface area contributed by atoms with Gasteiger partial charge in [-0.1, -0.05) is 6.92 Å². The normalized spacial score (nSPS) is 24.5. The van der Waals surface area contributed by atoms with Crippen molar-refractivity contribution >= 4 is 23.8 Å². The molecule has 0 saturated heterocycles. The number of amides is 2. The van der Waals surface area contributed by atoms with Crippen LogP contribution in [-0.4, -0.2) is 40.7 Å². The van der Waals surface area contributed by atoms with Crippen LogP contribution in [0, 0.1) is 5.92 Å². The Morgan fingerprint density at radius 1 is 1.32 bits per heavy atom. The van der Waals surface area contributed by atoms with E-state index in [0.29, 0.717) is 12.8 Å². The van der Waals surface area contributed by atoms with E-state index in [1.54, 1.807) is 11.8 Å². The van der Waals surface area contributed by atoms with Gasteiger partial charge in [0.2, 0.25) is 0 Å². The number of hydrogen-bond donors (Lipinski definition) is 3. The molecule has 0 aliphatic heterocycles. The van der Waals surface area contributed by atoms with E-state index in [9.17, 15) is 9.59 Å². The van der Waals surface area contributed by atoms with Crippen LogP contribution in [0.15, 0.2) is 0 Å². The summed E-state index contributed by atoms with van der Waals surface area (Å²) in [5.41, 5.74) is 0. The van der Waals surface area contributed by atoms with Gasteiger partial charge in [0.25, 0.3) is 0 Å². The summed E-state index contributed by atoms with van der Waals surface area (Å²) in [6.07, 6.45) is 2.81. The van der Waals surface area contributed by atoms with E-state index in [1.807, 2.05) is 6.92 Å². The molecule has 0 aromatic rings. The van der Waals surface area contributed by atoms with Crippen LogP contribution in [0.25, 0.3) is 0 Å². The summed E-state index contributed by atoms with van der Waals surface area (Å²) in [5, 5.41) is 14.7. The SMILES string of the molecule is CCSCC(C)NC(=O)NC1CCC(C(=O)O)CC1. The van der Waals surface area contributed by atoms with Gasteiger partial charge in [0.15, 0.2) is 0 Å². The van der Waals surface area contributed by atoms with Gasteiger partial charge in [-0.2, -0.15) is 11.8 Å². The first-order chi connectivity index (χ1) is 9.02. The van der Waals surface area contributed by atoms with Crippen LogP contribution in [0.4, 0.5) is 4.79 Å². The van der Waals surface area contributed by atoms with Crippen molar-refractivity contribution in [3.8, 4) is 0 Å². The lowest BCUT2D eigenvalue weighted by atomic mass is 9.86. The van der Waals surface area contributed by atoms with Crippen molar-refractivity contribution < 1.29 is 14.7 Å². The fourth-order valence-corrected chi connectivity index (χ4v) is 2.94. The molecule has 0 spiro atoms. The number of aliphatic carboxylic acids is 1. The highest BCUT2D eigenvalue weighted by molar-refractivity contribution is 7.99. The first-order valence-electron chi connectivity index (χ1n) is 6.90. The van der Waals surface area contributed by atoms with Gasteiger partial charge in [0.1, 0.15) is 0 Å². The van der Waals surface area contributed by atoms with Gasteiger partial charge >= 0.3 is 12.0 Å². The van der Waals surface area contributed by atoms with Crippen LogP contribution in [0.2, 0.25) is 0 Å². The van der Waals surface area contributed by atoms with Crippen LogP contribution >= 0.6 is 11.8 Å². The lowest BCUT2D eigenvalue weighted by Gasteiger charge is -2.27. The molecule has 1 saturated carbocycles. The minimum atomic E-state index is -0.715. The van der Waals surface area contributed by atoms with Crippen molar-refractivity contribution in [3.05, 3.63) is 0 Å². The fraction of sp³-hybridized carbons (Fsp3) is 0.846. The lowest BCUT2D eigenvalue weighted by Crippen LogP contribution is -2.47. The van der Waals surface area contributed by atoms with Gasteiger partial charge in [-0.3, -0.25) is 4.79 Å². The molecule has 0 bridgehead atoms. The first kappa shape index (κ1) is 16.1. The van der Waals surface area contributed by atoms with Crippen molar-refractivity contribution in [2.45, 2.75) is 51.6 Å². The summed E-state index contributed by atoms with van der Waals surface area (Å²) in [6.45, 7) is 4.09. The molecular weight excluding hydrogens is 264 g/mol. The van der Waals surface area contributed by atoms with E-state index < -0.39 is 5.97 Å². The quantitative estimate of drug-likeness (QED) is 0.699. The Hall–Kier alpha value is -0.910. The third-order valence-corrected chi connectivity index (χ3v) is 4.51.